The summed E-state index contributed by atoms with van der Waals surface area (Å²) in [6, 6.07) is 75.6. The highest BCUT2D eigenvalue weighted by atomic mass is 15.2. The molecule has 13 aromatic rings. The Morgan fingerprint density at radius 2 is 0.710 bits per heavy atom. The molecule has 10 aromatic carbocycles. The monoisotopic (exact) mass is 789 g/mol. The van der Waals surface area contributed by atoms with Gasteiger partial charge in [-0.3, -0.25) is 4.57 Å². The summed E-state index contributed by atoms with van der Waals surface area (Å²) >= 11 is 0. The lowest BCUT2D eigenvalue weighted by molar-refractivity contribution is 0.952. The Bertz CT molecular complexity index is 3850. The Balaban J connectivity index is 1.11. The highest BCUT2D eigenvalue weighted by molar-refractivity contribution is 6.25. The normalized spacial score (nSPS) is 11.9. The van der Waals surface area contributed by atoms with Crippen LogP contribution in [0.4, 0.5) is 0 Å². The average Bonchev–Trinajstić information content (AvgIpc) is 3.87. The van der Waals surface area contributed by atoms with Gasteiger partial charge in [0, 0.05) is 32.7 Å². The second kappa shape index (κ2) is 13.6. The quantitative estimate of drug-likeness (QED) is 0.163. The number of hydrogen-bond acceptors (Lipinski definition) is 3. The van der Waals surface area contributed by atoms with Crippen LogP contribution in [0, 0.1) is 0 Å². The van der Waals surface area contributed by atoms with Crippen LogP contribution in [0.15, 0.2) is 212 Å². The summed E-state index contributed by atoms with van der Waals surface area (Å²) in [5, 5.41) is 11.9. The standard InChI is InChI=1S/C57H35N5/c1-2-16-36(17-3-1)37-31-33-54-49(34-37)46-24-10-14-28-52(46)62(54)57-59-55(38-30-32-43-41-20-5-4-18-39(41)40-19-6-7-21-42(40)48(43)35-38)58-56(60-57)47-25-11-15-29-53(47)61-50-26-12-8-22-44(50)45-23-9-13-27-51(45)61/h1-35H. The third kappa shape index (κ3) is 5.18. The van der Waals surface area contributed by atoms with Crippen LogP contribution in [-0.4, -0.2) is 24.1 Å². The van der Waals surface area contributed by atoms with Crippen LogP contribution in [0.1, 0.15) is 0 Å². The lowest BCUT2D eigenvalue weighted by Gasteiger charge is -2.16. The van der Waals surface area contributed by atoms with E-state index in [4.69, 9.17) is 15.0 Å². The van der Waals surface area contributed by atoms with E-state index in [0.717, 1.165) is 60.6 Å². The lowest BCUT2D eigenvalue weighted by Crippen LogP contribution is -2.07. The van der Waals surface area contributed by atoms with Crippen molar-refractivity contribution in [2.45, 2.75) is 0 Å². The molecule has 0 fully saturated rings. The predicted octanol–water partition coefficient (Wildman–Crippen LogP) is 14.5. The van der Waals surface area contributed by atoms with E-state index in [1.165, 1.54) is 43.3 Å². The SMILES string of the molecule is c1ccc(-c2ccc3c(c2)c2ccccc2n3-c2nc(-c3ccc4c5ccccc5c5ccccc5c4c3)nc(-c3ccccc3-n3c4ccccc4c4ccccc43)n2)cc1. The van der Waals surface area contributed by atoms with Crippen LogP contribution in [-0.2, 0) is 0 Å². The molecule has 0 amide bonds. The van der Waals surface area contributed by atoms with E-state index in [1.54, 1.807) is 0 Å². The van der Waals surface area contributed by atoms with Gasteiger partial charge in [0.1, 0.15) is 0 Å². The lowest BCUT2D eigenvalue weighted by atomic mass is 9.93. The Kier molecular flexibility index (Phi) is 7.54. The van der Waals surface area contributed by atoms with E-state index >= 15 is 0 Å². The molecular weight excluding hydrogens is 755 g/mol. The van der Waals surface area contributed by atoms with Crippen molar-refractivity contribution < 1.29 is 0 Å². The van der Waals surface area contributed by atoms with E-state index < -0.39 is 0 Å². The molecule has 3 aromatic heterocycles. The third-order valence-corrected chi connectivity index (χ3v) is 12.6. The van der Waals surface area contributed by atoms with Crippen LogP contribution in [0.5, 0.6) is 0 Å². The van der Waals surface area contributed by atoms with E-state index in [-0.39, 0.29) is 0 Å². The second-order valence-electron chi connectivity index (χ2n) is 16.0. The minimum absolute atomic E-state index is 0.559. The Morgan fingerprint density at radius 3 is 1.37 bits per heavy atom. The van der Waals surface area contributed by atoms with E-state index in [2.05, 4.69) is 221 Å². The summed E-state index contributed by atoms with van der Waals surface area (Å²) < 4.78 is 4.56. The summed E-state index contributed by atoms with van der Waals surface area (Å²) in [5.41, 5.74) is 9.48. The number of benzene rings is 10. The number of hydrogen-bond donors (Lipinski definition) is 0. The molecule has 0 saturated carbocycles. The molecule has 0 aliphatic heterocycles. The van der Waals surface area contributed by atoms with Crippen LogP contribution >= 0.6 is 0 Å². The molecule has 0 saturated heterocycles. The van der Waals surface area contributed by atoms with Crippen LogP contribution in [0.25, 0.3) is 121 Å². The number of rotatable bonds is 5. The zero-order chi connectivity index (χ0) is 40.7. The van der Waals surface area contributed by atoms with Gasteiger partial charge < -0.3 is 4.57 Å². The fraction of sp³-hybridized carbons (Fsp3) is 0. The molecule has 62 heavy (non-hydrogen) atoms. The van der Waals surface area contributed by atoms with Crippen molar-refractivity contribution in [1.29, 1.82) is 0 Å². The van der Waals surface area contributed by atoms with E-state index in [1.807, 2.05) is 0 Å². The third-order valence-electron chi connectivity index (χ3n) is 12.6. The van der Waals surface area contributed by atoms with Crippen LogP contribution in [0.3, 0.4) is 0 Å². The van der Waals surface area contributed by atoms with E-state index in [9.17, 15) is 0 Å². The van der Waals surface area contributed by atoms with Gasteiger partial charge >= 0.3 is 0 Å². The zero-order valence-corrected chi connectivity index (χ0v) is 33.4. The molecule has 0 radical (unpaired) electrons. The molecular formula is C57H35N5. The maximum atomic E-state index is 5.46. The highest BCUT2D eigenvalue weighted by Crippen LogP contribution is 2.40. The predicted molar refractivity (Wildman–Crippen MR) is 257 cm³/mol. The van der Waals surface area contributed by atoms with Crippen LogP contribution < -0.4 is 0 Å². The molecule has 288 valence electrons. The molecule has 0 spiro atoms. The molecule has 0 atom stereocenters. The summed E-state index contributed by atoms with van der Waals surface area (Å²) in [4.78, 5) is 16.3. The van der Waals surface area contributed by atoms with Crippen LogP contribution in [0.2, 0.25) is 0 Å². The number of nitrogens with zero attached hydrogens (tertiary/aromatic N) is 5. The van der Waals surface area contributed by atoms with Gasteiger partial charge in [-0.05, 0) is 92.0 Å². The molecule has 0 N–H and O–H groups in total. The van der Waals surface area contributed by atoms with Gasteiger partial charge in [0.15, 0.2) is 11.6 Å². The van der Waals surface area contributed by atoms with Crippen molar-refractivity contribution in [2.75, 3.05) is 0 Å². The minimum Gasteiger partial charge on any atom is -0.309 e. The molecule has 5 heteroatoms. The maximum Gasteiger partial charge on any atom is 0.238 e. The molecule has 5 nitrogen and oxygen atoms in total. The van der Waals surface area contributed by atoms with Gasteiger partial charge in [-0.2, -0.15) is 9.97 Å². The van der Waals surface area contributed by atoms with Crippen molar-refractivity contribution in [3.8, 4) is 45.5 Å². The minimum atomic E-state index is 0.559. The fourth-order valence-electron chi connectivity index (χ4n) is 9.80. The number of fused-ring (bicyclic) bond motifs is 12. The first-order chi connectivity index (χ1) is 30.8. The summed E-state index contributed by atoms with van der Waals surface area (Å²) in [6.07, 6.45) is 0. The van der Waals surface area contributed by atoms with Crippen molar-refractivity contribution in [3.05, 3.63) is 212 Å². The fourth-order valence-corrected chi connectivity index (χ4v) is 9.80. The first kappa shape index (κ1) is 34.5. The number of para-hydroxylation sites is 4. The molecule has 0 aliphatic carbocycles. The van der Waals surface area contributed by atoms with Gasteiger partial charge in [-0.15, -0.1) is 0 Å². The first-order valence-corrected chi connectivity index (χ1v) is 21.0. The second-order valence-corrected chi connectivity index (χ2v) is 16.0. The maximum absolute atomic E-state index is 5.46. The Hall–Kier alpha value is -8.41. The Labute approximate surface area is 356 Å². The van der Waals surface area contributed by atoms with Gasteiger partial charge in [0.25, 0.3) is 0 Å². The average molecular weight is 790 g/mol. The van der Waals surface area contributed by atoms with Crippen molar-refractivity contribution in [1.82, 2.24) is 24.1 Å². The van der Waals surface area contributed by atoms with E-state index in [0.29, 0.717) is 17.6 Å². The summed E-state index contributed by atoms with van der Waals surface area (Å²) in [7, 11) is 0. The molecule has 0 aliphatic rings. The van der Waals surface area contributed by atoms with Crippen molar-refractivity contribution in [2.24, 2.45) is 0 Å². The smallest absolute Gasteiger partial charge is 0.238 e. The van der Waals surface area contributed by atoms with Crippen molar-refractivity contribution >= 4 is 75.9 Å². The zero-order valence-electron chi connectivity index (χ0n) is 33.4. The van der Waals surface area contributed by atoms with Gasteiger partial charge in [-0.1, -0.05) is 164 Å². The van der Waals surface area contributed by atoms with Gasteiger partial charge in [0.05, 0.1) is 27.8 Å². The topological polar surface area (TPSA) is 48.5 Å². The molecule has 3 heterocycles. The molecule has 0 unspecified atom stereocenters. The largest absolute Gasteiger partial charge is 0.309 e. The van der Waals surface area contributed by atoms with Gasteiger partial charge in [-0.25, -0.2) is 4.98 Å². The summed E-state index contributed by atoms with van der Waals surface area (Å²) in [5.74, 6) is 1.76. The van der Waals surface area contributed by atoms with Gasteiger partial charge in [0.2, 0.25) is 5.95 Å². The Morgan fingerprint density at radius 1 is 0.258 bits per heavy atom. The first-order valence-electron chi connectivity index (χ1n) is 21.0. The summed E-state index contributed by atoms with van der Waals surface area (Å²) in [6.45, 7) is 0. The number of aromatic nitrogens is 5. The highest BCUT2D eigenvalue weighted by Gasteiger charge is 2.22. The van der Waals surface area contributed by atoms with Crippen molar-refractivity contribution in [3.63, 3.8) is 0 Å². The molecule has 0 bridgehead atoms. The molecule has 13 rings (SSSR count).